The molecule has 0 aromatic carbocycles. The lowest BCUT2D eigenvalue weighted by molar-refractivity contribution is 0.0956. The molecule has 0 unspecified atom stereocenters. The van der Waals surface area contributed by atoms with Crippen LogP contribution in [0.25, 0.3) is 0 Å². The van der Waals surface area contributed by atoms with Gasteiger partial charge in [0.15, 0.2) is 5.15 Å². The number of halogens is 1. The normalized spacial score (nSPS) is 18.9. The van der Waals surface area contributed by atoms with Crippen LogP contribution in [0.2, 0.25) is 5.15 Å². The van der Waals surface area contributed by atoms with Gasteiger partial charge in [0, 0.05) is 19.6 Å². The van der Waals surface area contributed by atoms with Crippen molar-refractivity contribution in [3.05, 3.63) is 15.5 Å². The summed E-state index contributed by atoms with van der Waals surface area (Å²) in [5.74, 6) is -0.124. The van der Waals surface area contributed by atoms with Crippen molar-refractivity contribution in [1.82, 2.24) is 14.6 Å². The average molecular weight is 310 g/mol. The van der Waals surface area contributed by atoms with Gasteiger partial charge >= 0.3 is 0 Å². The molecule has 0 saturated carbocycles. The minimum absolute atomic E-state index is 0.172. The van der Waals surface area contributed by atoms with E-state index < -0.39 is 10.0 Å². The summed E-state index contributed by atoms with van der Waals surface area (Å²) < 4.78 is 24.4. The van der Waals surface area contributed by atoms with E-state index in [0.29, 0.717) is 24.4 Å². The maximum Gasteiger partial charge on any atom is 0.264 e. The van der Waals surface area contributed by atoms with Crippen LogP contribution in [0.5, 0.6) is 0 Å². The second kappa shape index (κ2) is 5.52. The molecule has 0 spiro atoms. The molecular formula is C9H12ClN3O3S2. The van der Waals surface area contributed by atoms with Gasteiger partial charge in [0.05, 0.1) is 11.3 Å². The van der Waals surface area contributed by atoms with Crippen molar-refractivity contribution in [2.45, 2.75) is 6.42 Å². The van der Waals surface area contributed by atoms with E-state index in [1.165, 1.54) is 9.82 Å². The number of thiazole rings is 1. The van der Waals surface area contributed by atoms with Gasteiger partial charge in [0.1, 0.15) is 4.88 Å². The molecule has 1 N–H and O–H groups in total. The first kappa shape index (κ1) is 13.7. The lowest BCUT2D eigenvalue weighted by atomic mass is 10.4. The number of hydrogen-bond donors (Lipinski definition) is 1. The van der Waals surface area contributed by atoms with Crippen molar-refractivity contribution in [3.8, 4) is 0 Å². The molecule has 1 aliphatic rings. The number of carbonyl (C=O) groups is 1. The fourth-order valence-corrected chi connectivity index (χ4v) is 4.14. The summed E-state index contributed by atoms with van der Waals surface area (Å²) in [5.41, 5.74) is 1.49. The first-order valence-electron chi connectivity index (χ1n) is 5.36. The van der Waals surface area contributed by atoms with Gasteiger partial charge in [-0.2, -0.15) is 0 Å². The molecule has 1 saturated heterocycles. The molecule has 0 aliphatic carbocycles. The van der Waals surface area contributed by atoms with Crippen molar-refractivity contribution in [2.75, 3.05) is 25.4 Å². The molecule has 2 heterocycles. The summed E-state index contributed by atoms with van der Waals surface area (Å²) >= 11 is 6.87. The molecule has 100 valence electrons. The van der Waals surface area contributed by atoms with E-state index in [1.807, 2.05) is 0 Å². The summed E-state index contributed by atoms with van der Waals surface area (Å²) in [6.07, 6.45) is 0.650. The molecule has 1 amide bonds. The predicted molar refractivity (Wildman–Crippen MR) is 69.4 cm³/mol. The van der Waals surface area contributed by atoms with Crippen LogP contribution in [-0.2, 0) is 10.0 Å². The third-order valence-corrected chi connectivity index (χ3v) is 5.76. The van der Waals surface area contributed by atoms with E-state index in [4.69, 9.17) is 11.6 Å². The van der Waals surface area contributed by atoms with Crippen LogP contribution in [0, 0.1) is 0 Å². The van der Waals surface area contributed by atoms with Crippen molar-refractivity contribution in [1.29, 1.82) is 0 Å². The second-order valence-electron chi connectivity index (χ2n) is 3.80. The molecule has 1 aromatic heterocycles. The van der Waals surface area contributed by atoms with E-state index in [0.717, 1.165) is 11.3 Å². The number of amides is 1. The predicted octanol–water partition coefficient (Wildman–Crippen LogP) is 0.562. The third-order valence-electron chi connectivity index (χ3n) is 2.58. The van der Waals surface area contributed by atoms with Crippen molar-refractivity contribution >= 4 is 38.9 Å². The minimum Gasteiger partial charge on any atom is -0.350 e. The van der Waals surface area contributed by atoms with Gasteiger partial charge in [0.2, 0.25) is 10.0 Å². The quantitative estimate of drug-likeness (QED) is 0.881. The lowest BCUT2D eigenvalue weighted by Crippen LogP contribution is -2.35. The summed E-state index contributed by atoms with van der Waals surface area (Å²) in [6.45, 7) is 1.09. The second-order valence-corrected chi connectivity index (χ2v) is 7.10. The SMILES string of the molecule is O=C(NCCN1CCCS1(=O)=O)c1scnc1Cl. The van der Waals surface area contributed by atoms with Crippen molar-refractivity contribution in [2.24, 2.45) is 0 Å². The van der Waals surface area contributed by atoms with Crippen LogP contribution in [0.3, 0.4) is 0 Å². The van der Waals surface area contributed by atoms with Crippen LogP contribution in [0.4, 0.5) is 0 Å². The zero-order chi connectivity index (χ0) is 13.2. The number of nitrogens with zero attached hydrogens (tertiary/aromatic N) is 2. The van der Waals surface area contributed by atoms with Gasteiger partial charge in [-0.3, -0.25) is 4.79 Å². The van der Waals surface area contributed by atoms with Crippen LogP contribution in [-0.4, -0.2) is 49.0 Å². The summed E-state index contributed by atoms with van der Waals surface area (Å²) in [7, 11) is -3.10. The lowest BCUT2D eigenvalue weighted by Gasteiger charge is -2.14. The fraction of sp³-hybridized carbons (Fsp3) is 0.556. The Kier molecular flexibility index (Phi) is 4.21. The molecular weight excluding hydrogens is 298 g/mol. The number of carbonyl (C=O) groups excluding carboxylic acids is 1. The minimum atomic E-state index is -3.10. The van der Waals surface area contributed by atoms with Crippen molar-refractivity contribution in [3.63, 3.8) is 0 Å². The Labute approximate surface area is 114 Å². The molecule has 2 rings (SSSR count). The van der Waals surface area contributed by atoms with E-state index in [2.05, 4.69) is 10.3 Å². The zero-order valence-electron chi connectivity index (χ0n) is 9.43. The fourth-order valence-electron chi connectivity index (χ4n) is 1.70. The smallest absolute Gasteiger partial charge is 0.264 e. The first-order chi connectivity index (χ1) is 8.50. The van der Waals surface area contributed by atoms with Crippen LogP contribution in [0.15, 0.2) is 5.51 Å². The topological polar surface area (TPSA) is 79.4 Å². The Morgan fingerprint density at radius 2 is 2.39 bits per heavy atom. The summed E-state index contributed by atoms with van der Waals surface area (Å²) in [5, 5.41) is 2.80. The summed E-state index contributed by atoms with van der Waals surface area (Å²) in [6, 6.07) is 0. The Hall–Kier alpha value is -0.700. The molecule has 9 heteroatoms. The Balaban J connectivity index is 1.83. The van der Waals surface area contributed by atoms with Gasteiger partial charge in [0.25, 0.3) is 5.91 Å². The monoisotopic (exact) mass is 309 g/mol. The molecule has 1 aromatic rings. The van der Waals surface area contributed by atoms with Crippen LogP contribution < -0.4 is 5.32 Å². The highest BCUT2D eigenvalue weighted by molar-refractivity contribution is 7.89. The molecule has 6 nitrogen and oxygen atoms in total. The van der Waals surface area contributed by atoms with Crippen molar-refractivity contribution < 1.29 is 13.2 Å². The number of sulfonamides is 1. The molecule has 18 heavy (non-hydrogen) atoms. The maximum atomic E-state index is 11.7. The Morgan fingerprint density at radius 3 is 2.94 bits per heavy atom. The maximum absolute atomic E-state index is 11.7. The standard InChI is InChI=1S/C9H12ClN3O3S2/c10-8-7(17-6-12-8)9(14)11-2-4-13-3-1-5-18(13,15)16/h6H,1-5H2,(H,11,14). The number of hydrogen-bond acceptors (Lipinski definition) is 5. The van der Waals surface area contributed by atoms with Gasteiger partial charge in [-0.05, 0) is 6.42 Å². The summed E-state index contributed by atoms with van der Waals surface area (Å²) in [4.78, 5) is 15.8. The van der Waals surface area contributed by atoms with E-state index >= 15 is 0 Å². The first-order valence-corrected chi connectivity index (χ1v) is 8.22. The number of nitrogens with one attached hydrogen (secondary N) is 1. The Morgan fingerprint density at radius 1 is 1.61 bits per heavy atom. The van der Waals surface area contributed by atoms with Gasteiger partial charge in [-0.15, -0.1) is 11.3 Å². The van der Waals surface area contributed by atoms with Crippen LogP contribution >= 0.6 is 22.9 Å². The Bertz CT molecular complexity index is 543. The molecule has 0 radical (unpaired) electrons. The molecule has 0 atom stereocenters. The van der Waals surface area contributed by atoms with Crippen LogP contribution in [0.1, 0.15) is 16.1 Å². The highest BCUT2D eigenvalue weighted by atomic mass is 35.5. The number of aromatic nitrogens is 1. The van der Waals surface area contributed by atoms with E-state index in [-0.39, 0.29) is 23.4 Å². The third kappa shape index (κ3) is 3.00. The highest BCUT2D eigenvalue weighted by Gasteiger charge is 2.27. The number of rotatable bonds is 4. The molecule has 1 fully saturated rings. The zero-order valence-corrected chi connectivity index (χ0v) is 11.8. The van der Waals surface area contributed by atoms with Gasteiger partial charge in [-0.25, -0.2) is 17.7 Å². The average Bonchev–Trinajstić information content (AvgIpc) is 2.85. The highest BCUT2D eigenvalue weighted by Crippen LogP contribution is 2.18. The molecule has 1 aliphatic heterocycles. The van der Waals surface area contributed by atoms with Gasteiger partial charge in [-0.1, -0.05) is 11.6 Å². The van der Waals surface area contributed by atoms with E-state index in [9.17, 15) is 13.2 Å². The molecule has 0 bridgehead atoms. The van der Waals surface area contributed by atoms with Gasteiger partial charge < -0.3 is 5.32 Å². The largest absolute Gasteiger partial charge is 0.350 e. The van der Waals surface area contributed by atoms with E-state index in [1.54, 1.807) is 0 Å².